The van der Waals surface area contributed by atoms with Crippen LogP contribution in [0.5, 0.6) is 5.75 Å². The van der Waals surface area contributed by atoms with E-state index in [9.17, 15) is 4.39 Å². The van der Waals surface area contributed by atoms with E-state index >= 15 is 0 Å². The van der Waals surface area contributed by atoms with Crippen LogP contribution in [-0.4, -0.2) is 22.7 Å². The maximum atomic E-state index is 14.2. The first-order chi connectivity index (χ1) is 16.1. The van der Waals surface area contributed by atoms with Gasteiger partial charge in [-0.2, -0.15) is 0 Å². The molecule has 33 heavy (non-hydrogen) atoms. The zero-order valence-electron chi connectivity index (χ0n) is 21.2. The Kier molecular flexibility index (Phi) is 13.7. The summed E-state index contributed by atoms with van der Waals surface area (Å²) in [5.41, 5.74) is 2.15. The second-order valence-corrected chi connectivity index (χ2v) is 9.46. The van der Waals surface area contributed by atoms with Gasteiger partial charge in [0.25, 0.3) is 0 Å². The first-order valence-corrected chi connectivity index (χ1v) is 13.3. The molecule has 2 unspecified atom stereocenters. The van der Waals surface area contributed by atoms with Crippen LogP contribution >= 0.6 is 0 Å². The third-order valence-electron chi connectivity index (χ3n) is 6.43. The quantitative estimate of drug-likeness (QED) is 0.210. The Labute approximate surface area is 201 Å². The second kappa shape index (κ2) is 16.6. The van der Waals surface area contributed by atoms with Crippen molar-refractivity contribution >= 4 is 0 Å². The number of rotatable bonds is 18. The zero-order chi connectivity index (χ0) is 23.7. The Balaban J connectivity index is 1.68. The van der Waals surface area contributed by atoms with Crippen molar-refractivity contribution in [1.29, 1.82) is 0 Å². The monoisotopic (exact) mass is 456 g/mol. The van der Waals surface area contributed by atoms with Gasteiger partial charge in [-0.1, -0.05) is 85.0 Å². The van der Waals surface area contributed by atoms with Crippen molar-refractivity contribution in [1.82, 2.24) is 9.97 Å². The number of unbranched alkanes of at least 4 members (excludes halogenated alkanes) is 9. The summed E-state index contributed by atoms with van der Waals surface area (Å²) in [4.78, 5) is 9.10. The third-order valence-corrected chi connectivity index (χ3v) is 6.43. The molecule has 0 saturated heterocycles. The number of halogens is 1. The van der Waals surface area contributed by atoms with E-state index in [4.69, 9.17) is 4.74 Å². The highest BCUT2D eigenvalue weighted by Gasteiger charge is 2.16. The molecule has 0 bridgehead atoms. The molecule has 0 aliphatic rings. The molecular weight excluding hydrogens is 411 g/mol. The molecule has 3 nitrogen and oxygen atoms in total. The number of hydrogen-bond donors (Lipinski definition) is 0. The number of aromatic nitrogens is 2. The van der Waals surface area contributed by atoms with E-state index in [2.05, 4.69) is 23.8 Å². The lowest BCUT2D eigenvalue weighted by Gasteiger charge is -2.17. The smallest absolute Gasteiger partial charge is 0.159 e. The number of hydrogen-bond acceptors (Lipinski definition) is 3. The second-order valence-electron chi connectivity index (χ2n) is 9.46. The fourth-order valence-electron chi connectivity index (χ4n) is 4.02. The van der Waals surface area contributed by atoms with Crippen molar-refractivity contribution < 1.29 is 9.13 Å². The predicted molar refractivity (Wildman–Crippen MR) is 137 cm³/mol. The standard InChI is InChI=1S/C29H45FN2O/c1-4-6-8-9-10-11-12-13-14-16-25-21-31-29(32-22-25)26-17-19-27(20-18-26)33-23-28(30)24(3)15-7-5-2/h17-22,24,28H,4-16,23H2,1-3H3. The molecule has 0 saturated carbocycles. The van der Waals surface area contributed by atoms with Crippen LogP contribution in [0.2, 0.25) is 0 Å². The molecule has 1 aromatic carbocycles. The minimum Gasteiger partial charge on any atom is -0.491 e. The summed E-state index contributed by atoms with van der Waals surface area (Å²) < 4.78 is 19.9. The highest BCUT2D eigenvalue weighted by atomic mass is 19.1. The number of nitrogens with zero attached hydrogens (tertiary/aromatic N) is 2. The molecule has 2 rings (SSSR count). The van der Waals surface area contributed by atoms with Gasteiger partial charge in [-0.05, 0) is 55.0 Å². The van der Waals surface area contributed by atoms with E-state index in [1.165, 1.54) is 63.4 Å². The van der Waals surface area contributed by atoms with Crippen LogP contribution in [-0.2, 0) is 6.42 Å². The van der Waals surface area contributed by atoms with Crippen LogP contribution in [0, 0.1) is 5.92 Å². The van der Waals surface area contributed by atoms with Crippen LogP contribution in [0.4, 0.5) is 4.39 Å². The van der Waals surface area contributed by atoms with E-state index in [-0.39, 0.29) is 12.5 Å². The van der Waals surface area contributed by atoms with Crippen LogP contribution < -0.4 is 4.74 Å². The largest absolute Gasteiger partial charge is 0.491 e. The Morgan fingerprint density at radius 3 is 1.97 bits per heavy atom. The molecule has 0 fully saturated rings. The number of alkyl halides is 1. The van der Waals surface area contributed by atoms with E-state index in [1.807, 2.05) is 43.6 Å². The van der Waals surface area contributed by atoms with Gasteiger partial charge < -0.3 is 4.74 Å². The minimum atomic E-state index is -0.933. The molecule has 184 valence electrons. The van der Waals surface area contributed by atoms with Crippen molar-refractivity contribution in [2.75, 3.05) is 6.61 Å². The fourth-order valence-corrected chi connectivity index (χ4v) is 4.02. The van der Waals surface area contributed by atoms with Crippen LogP contribution in [0.15, 0.2) is 36.7 Å². The van der Waals surface area contributed by atoms with Crippen LogP contribution in [0.1, 0.15) is 103 Å². The summed E-state index contributed by atoms with van der Waals surface area (Å²) >= 11 is 0. The lowest BCUT2D eigenvalue weighted by Crippen LogP contribution is -2.21. The van der Waals surface area contributed by atoms with Crippen molar-refractivity contribution in [2.45, 2.75) is 110 Å². The topological polar surface area (TPSA) is 35.0 Å². The highest BCUT2D eigenvalue weighted by Crippen LogP contribution is 2.21. The van der Waals surface area contributed by atoms with Gasteiger partial charge in [0.05, 0.1) is 0 Å². The molecular formula is C29H45FN2O. The van der Waals surface area contributed by atoms with E-state index in [0.717, 1.165) is 31.2 Å². The van der Waals surface area contributed by atoms with Gasteiger partial charge >= 0.3 is 0 Å². The first-order valence-electron chi connectivity index (χ1n) is 13.3. The van der Waals surface area contributed by atoms with Crippen LogP contribution in [0.3, 0.4) is 0 Å². The minimum absolute atomic E-state index is 0.0340. The maximum absolute atomic E-state index is 14.2. The van der Waals surface area contributed by atoms with Gasteiger partial charge in [-0.25, -0.2) is 14.4 Å². The molecule has 0 N–H and O–H groups in total. The van der Waals surface area contributed by atoms with Gasteiger partial charge in [-0.15, -0.1) is 0 Å². The third kappa shape index (κ3) is 11.1. The summed E-state index contributed by atoms with van der Waals surface area (Å²) in [6.07, 6.45) is 19.1. The molecule has 2 atom stereocenters. The van der Waals surface area contributed by atoms with Crippen molar-refractivity contribution in [2.24, 2.45) is 5.92 Å². The molecule has 1 aromatic heterocycles. The molecule has 4 heteroatoms. The number of aryl methyl sites for hydroxylation is 1. The highest BCUT2D eigenvalue weighted by molar-refractivity contribution is 5.55. The molecule has 0 spiro atoms. The zero-order valence-corrected chi connectivity index (χ0v) is 21.2. The Morgan fingerprint density at radius 2 is 1.36 bits per heavy atom. The fraction of sp³-hybridized carbons (Fsp3) is 0.655. The Hall–Kier alpha value is -1.97. The summed E-state index contributed by atoms with van der Waals surface area (Å²) in [5, 5.41) is 0. The SMILES string of the molecule is CCCCCCCCCCCc1cnc(-c2ccc(OCC(F)C(C)CCCC)cc2)nc1. The lowest BCUT2D eigenvalue weighted by atomic mass is 10.00. The van der Waals surface area contributed by atoms with Gasteiger partial charge in [0, 0.05) is 18.0 Å². The average molecular weight is 457 g/mol. The predicted octanol–water partition coefficient (Wildman–Crippen LogP) is 8.76. The van der Waals surface area contributed by atoms with Crippen molar-refractivity contribution in [3.63, 3.8) is 0 Å². The molecule has 2 aromatic rings. The van der Waals surface area contributed by atoms with Gasteiger partial charge in [0.15, 0.2) is 5.82 Å². The summed E-state index contributed by atoms with van der Waals surface area (Å²) in [6.45, 7) is 6.47. The number of ether oxygens (including phenoxy) is 1. The van der Waals surface area contributed by atoms with Gasteiger partial charge in [0.2, 0.25) is 0 Å². The Bertz CT molecular complexity index is 732. The van der Waals surface area contributed by atoms with Gasteiger partial charge in [-0.3, -0.25) is 0 Å². The molecule has 0 aliphatic heterocycles. The lowest BCUT2D eigenvalue weighted by molar-refractivity contribution is 0.142. The van der Waals surface area contributed by atoms with Gasteiger partial charge in [0.1, 0.15) is 18.5 Å². The van der Waals surface area contributed by atoms with Crippen molar-refractivity contribution in [3.05, 3.63) is 42.2 Å². The van der Waals surface area contributed by atoms with Crippen LogP contribution in [0.25, 0.3) is 11.4 Å². The van der Waals surface area contributed by atoms with E-state index in [0.29, 0.717) is 11.6 Å². The normalized spacial score (nSPS) is 13.1. The molecule has 1 heterocycles. The Morgan fingerprint density at radius 1 is 0.788 bits per heavy atom. The number of benzene rings is 1. The molecule has 0 amide bonds. The first kappa shape index (κ1) is 27.3. The summed E-state index contributed by atoms with van der Waals surface area (Å²) in [7, 11) is 0. The summed E-state index contributed by atoms with van der Waals surface area (Å²) in [6, 6.07) is 7.63. The van der Waals surface area contributed by atoms with E-state index in [1.54, 1.807) is 0 Å². The van der Waals surface area contributed by atoms with E-state index < -0.39 is 6.17 Å². The average Bonchev–Trinajstić information content (AvgIpc) is 2.85. The maximum Gasteiger partial charge on any atom is 0.159 e. The van der Waals surface area contributed by atoms with Crippen molar-refractivity contribution in [3.8, 4) is 17.1 Å². The molecule has 0 aliphatic carbocycles. The molecule has 0 radical (unpaired) electrons. The summed E-state index contributed by atoms with van der Waals surface area (Å²) in [5.74, 6) is 1.44.